The molecule has 2 aromatic carbocycles. The SMILES string of the molecule is Cc1cc(C)c2nc(NN=Cc3cccc(F)c3)cc(C)c2c1. The maximum atomic E-state index is 13.1. The van der Waals surface area contributed by atoms with Crippen LogP contribution in [0, 0.1) is 26.6 Å². The Hall–Kier alpha value is -2.75. The third-order valence-electron chi connectivity index (χ3n) is 3.70. The monoisotopic (exact) mass is 307 g/mol. The van der Waals surface area contributed by atoms with Crippen LogP contribution in [0.1, 0.15) is 22.3 Å². The molecular formula is C19H18FN3. The van der Waals surface area contributed by atoms with Gasteiger partial charge in [0.05, 0.1) is 11.7 Å². The van der Waals surface area contributed by atoms with E-state index in [1.54, 1.807) is 18.3 Å². The first-order valence-electron chi connectivity index (χ1n) is 7.46. The van der Waals surface area contributed by atoms with Crippen molar-refractivity contribution in [2.45, 2.75) is 20.8 Å². The summed E-state index contributed by atoms with van der Waals surface area (Å²) in [5, 5.41) is 5.30. The first-order valence-corrected chi connectivity index (χ1v) is 7.46. The van der Waals surface area contributed by atoms with Crippen molar-refractivity contribution in [2.75, 3.05) is 5.43 Å². The van der Waals surface area contributed by atoms with Crippen molar-refractivity contribution >= 4 is 22.9 Å². The number of aromatic nitrogens is 1. The number of fused-ring (bicyclic) bond motifs is 1. The van der Waals surface area contributed by atoms with Gasteiger partial charge in [-0.1, -0.05) is 23.8 Å². The molecule has 0 amide bonds. The Morgan fingerprint density at radius 2 is 1.87 bits per heavy atom. The number of hydrazone groups is 1. The first-order chi connectivity index (χ1) is 11.0. The third-order valence-corrected chi connectivity index (χ3v) is 3.70. The molecule has 3 aromatic rings. The van der Waals surface area contributed by atoms with Gasteiger partial charge in [-0.3, -0.25) is 5.43 Å². The van der Waals surface area contributed by atoms with Gasteiger partial charge < -0.3 is 0 Å². The van der Waals surface area contributed by atoms with Gasteiger partial charge in [0.25, 0.3) is 0 Å². The number of pyridine rings is 1. The molecule has 1 heterocycles. The fourth-order valence-electron chi connectivity index (χ4n) is 2.66. The summed E-state index contributed by atoms with van der Waals surface area (Å²) in [6, 6.07) is 12.5. The van der Waals surface area contributed by atoms with Gasteiger partial charge in [-0.15, -0.1) is 0 Å². The van der Waals surface area contributed by atoms with E-state index < -0.39 is 0 Å². The van der Waals surface area contributed by atoms with Crippen LogP contribution >= 0.6 is 0 Å². The van der Waals surface area contributed by atoms with Crippen LogP contribution < -0.4 is 5.43 Å². The van der Waals surface area contributed by atoms with Crippen LogP contribution in [0.5, 0.6) is 0 Å². The van der Waals surface area contributed by atoms with Gasteiger partial charge in [-0.05, 0) is 61.7 Å². The molecular weight excluding hydrogens is 289 g/mol. The average molecular weight is 307 g/mol. The van der Waals surface area contributed by atoms with Crippen LogP contribution in [0.25, 0.3) is 10.9 Å². The third kappa shape index (κ3) is 3.37. The van der Waals surface area contributed by atoms with Crippen molar-refractivity contribution < 1.29 is 4.39 Å². The highest BCUT2D eigenvalue weighted by Crippen LogP contribution is 2.24. The number of anilines is 1. The molecule has 0 aliphatic rings. The van der Waals surface area contributed by atoms with Gasteiger partial charge >= 0.3 is 0 Å². The van der Waals surface area contributed by atoms with E-state index in [4.69, 9.17) is 0 Å². The number of hydrogen-bond acceptors (Lipinski definition) is 3. The number of hydrogen-bond donors (Lipinski definition) is 1. The predicted molar refractivity (Wildman–Crippen MR) is 93.6 cm³/mol. The Kier molecular flexibility index (Phi) is 4.06. The molecule has 0 aliphatic carbocycles. The van der Waals surface area contributed by atoms with E-state index >= 15 is 0 Å². The minimum atomic E-state index is -0.278. The largest absolute Gasteiger partial charge is 0.261 e. The zero-order valence-electron chi connectivity index (χ0n) is 13.4. The maximum Gasteiger partial charge on any atom is 0.147 e. The molecule has 0 fully saturated rings. The van der Waals surface area contributed by atoms with E-state index in [0.717, 1.165) is 22.0 Å². The van der Waals surface area contributed by atoms with Crippen LogP contribution in [-0.2, 0) is 0 Å². The van der Waals surface area contributed by atoms with Crippen molar-refractivity contribution in [1.82, 2.24) is 4.98 Å². The van der Waals surface area contributed by atoms with Crippen molar-refractivity contribution in [2.24, 2.45) is 5.10 Å². The fraction of sp³-hybridized carbons (Fsp3) is 0.158. The van der Waals surface area contributed by atoms with Gasteiger partial charge in [0.1, 0.15) is 11.6 Å². The summed E-state index contributed by atoms with van der Waals surface area (Å²) in [5.74, 6) is 0.397. The van der Waals surface area contributed by atoms with Crippen molar-refractivity contribution in [3.8, 4) is 0 Å². The Bertz CT molecular complexity index is 901. The number of benzene rings is 2. The standard InChI is InChI=1S/C19H18FN3/c1-12-7-14(3)19-17(8-12)13(2)9-18(22-19)23-21-11-15-5-4-6-16(20)10-15/h4-11H,1-3H3,(H,22,23). The first kappa shape index (κ1) is 15.2. The molecule has 0 radical (unpaired) electrons. The molecule has 4 heteroatoms. The summed E-state index contributed by atoms with van der Waals surface area (Å²) in [6.07, 6.45) is 1.58. The van der Waals surface area contributed by atoms with Crippen molar-refractivity contribution in [3.63, 3.8) is 0 Å². The molecule has 0 atom stereocenters. The Balaban J connectivity index is 1.89. The van der Waals surface area contributed by atoms with Gasteiger partial charge in [-0.25, -0.2) is 9.37 Å². The van der Waals surface area contributed by atoms with Crippen LogP contribution in [0.15, 0.2) is 47.6 Å². The van der Waals surface area contributed by atoms with Crippen LogP contribution in [0.2, 0.25) is 0 Å². The molecule has 116 valence electrons. The second-order valence-electron chi connectivity index (χ2n) is 5.73. The lowest BCUT2D eigenvalue weighted by molar-refractivity contribution is 0.627. The highest BCUT2D eigenvalue weighted by Gasteiger charge is 2.05. The molecule has 3 nitrogen and oxygen atoms in total. The van der Waals surface area contributed by atoms with E-state index in [2.05, 4.69) is 48.4 Å². The zero-order valence-corrected chi connectivity index (χ0v) is 13.4. The number of halogens is 1. The lowest BCUT2D eigenvalue weighted by Gasteiger charge is -2.09. The number of nitrogens with one attached hydrogen (secondary N) is 1. The van der Waals surface area contributed by atoms with Crippen molar-refractivity contribution in [1.29, 1.82) is 0 Å². The van der Waals surface area contributed by atoms with Gasteiger partial charge in [0, 0.05) is 5.39 Å². The predicted octanol–water partition coefficient (Wildman–Crippen LogP) is 4.75. The van der Waals surface area contributed by atoms with Gasteiger partial charge in [0.15, 0.2) is 0 Å². The summed E-state index contributed by atoms with van der Waals surface area (Å²) in [6.45, 7) is 6.20. The summed E-state index contributed by atoms with van der Waals surface area (Å²) in [7, 11) is 0. The molecule has 0 aliphatic heterocycles. The van der Waals surface area contributed by atoms with Crippen LogP contribution in [0.4, 0.5) is 10.2 Å². The minimum Gasteiger partial charge on any atom is -0.261 e. The Morgan fingerprint density at radius 3 is 2.65 bits per heavy atom. The molecule has 0 unspecified atom stereocenters. The highest BCUT2D eigenvalue weighted by atomic mass is 19.1. The number of nitrogens with zero attached hydrogens (tertiary/aromatic N) is 2. The average Bonchev–Trinajstić information content (AvgIpc) is 2.49. The van der Waals surface area contributed by atoms with Crippen LogP contribution in [0.3, 0.4) is 0 Å². The van der Waals surface area contributed by atoms with Gasteiger partial charge in [0.2, 0.25) is 0 Å². The lowest BCUT2D eigenvalue weighted by Crippen LogP contribution is -1.97. The Labute approximate surface area is 134 Å². The zero-order chi connectivity index (χ0) is 16.4. The van der Waals surface area contributed by atoms with E-state index in [1.165, 1.54) is 17.7 Å². The normalized spacial score (nSPS) is 11.3. The van der Waals surface area contributed by atoms with Gasteiger partial charge in [-0.2, -0.15) is 5.10 Å². The second-order valence-corrected chi connectivity index (χ2v) is 5.73. The quantitative estimate of drug-likeness (QED) is 0.560. The molecule has 3 rings (SSSR count). The van der Waals surface area contributed by atoms with E-state index in [9.17, 15) is 4.39 Å². The lowest BCUT2D eigenvalue weighted by atomic mass is 10.0. The highest BCUT2D eigenvalue weighted by molar-refractivity contribution is 5.87. The maximum absolute atomic E-state index is 13.1. The molecule has 0 spiro atoms. The van der Waals surface area contributed by atoms with E-state index in [1.807, 2.05) is 6.07 Å². The molecule has 0 saturated carbocycles. The topological polar surface area (TPSA) is 37.3 Å². The molecule has 23 heavy (non-hydrogen) atoms. The number of aryl methyl sites for hydroxylation is 3. The molecule has 1 aromatic heterocycles. The summed E-state index contributed by atoms with van der Waals surface area (Å²) in [5.41, 5.74) is 8.10. The molecule has 0 bridgehead atoms. The van der Waals surface area contributed by atoms with Crippen LogP contribution in [-0.4, -0.2) is 11.2 Å². The fourth-order valence-corrected chi connectivity index (χ4v) is 2.66. The smallest absolute Gasteiger partial charge is 0.147 e. The number of rotatable bonds is 3. The molecule has 1 N–H and O–H groups in total. The summed E-state index contributed by atoms with van der Waals surface area (Å²) < 4.78 is 13.1. The van der Waals surface area contributed by atoms with Crippen molar-refractivity contribution in [3.05, 3.63) is 70.5 Å². The minimum absolute atomic E-state index is 0.278. The summed E-state index contributed by atoms with van der Waals surface area (Å²) in [4.78, 5) is 4.63. The Morgan fingerprint density at radius 1 is 1.04 bits per heavy atom. The molecule has 0 saturated heterocycles. The van der Waals surface area contributed by atoms with E-state index in [-0.39, 0.29) is 5.82 Å². The second kappa shape index (κ2) is 6.16. The summed E-state index contributed by atoms with van der Waals surface area (Å²) >= 11 is 0. The van der Waals surface area contributed by atoms with E-state index in [0.29, 0.717) is 11.4 Å².